The Morgan fingerprint density at radius 1 is 1.18 bits per heavy atom. The van der Waals surface area contributed by atoms with Gasteiger partial charge in [-0.15, -0.1) is 0 Å². The topological polar surface area (TPSA) is 119 Å². The van der Waals surface area contributed by atoms with E-state index in [1.165, 1.54) is 6.08 Å². The maximum absolute atomic E-state index is 11.4. The summed E-state index contributed by atoms with van der Waals surface area (Å²) in [5.41, 5.74) is 1.01. The number of hydrogen-bond donors (Lipinski definition) is 5. The van der Waals surface area contributed by atoms with Crippen molar-refractivity contribution in [3.05, 3.63) is 42.5 Å². The molecule has 0 amide bonds. The molecular formula is C15H19NO6. The van der Waals surface area contributed by atoms with Crippen molar-refractivity contribution in [2.24, 2.45) is 0 Å². The average Bonchev–Trinajstić information content (AvgIpc) is 2.55. The number of ether oxygens (including phenoxy) is 1. The van der Waals surface area contributed by atoms with Gasteiger partial charge in [-0.1, -0.05) is 6.58 Å². The Labute approximate surface area is 127 Å². The Morgan fingerprint density at radius 3 is 2.36 bits per heavy atom. The molecule has 1 fully saturated rings. The number of rotatable bonds is 5. The SMILES string of the molecule is C=CC(=O)c1ccc(N[C@H]2O[C@H](CO)[C@@H](O)[C@H](O)[C@@H]2O)cc1. The lowest BCUT2D eigenvalue weighted by atomic mass is 9.98. The van der Waals surface area contributed by atoms with Crippen LogP contribution in [0.1, 0.15) is 10.4 Å². The molecule has 1 aliphatic rings. The van der Waals surface area contributed by atoms with Gasteiger partial charge < -0.3 is 30.5 Å². The van der Waals surface area contributed by atoms with E-state index in [0.29, 0.717) is 11.3 Å². The summed E-state index contributed by atoms with van der Waals surface area (Å²) in [6, 6.07) is 6.38. The van der Waals surface area contributed by atoms with E-state index in [0.717, 1.165) is 0 Å². The molecule has 5 atom stereocenters. The standard InChI is InChI=1S/C15H19NO6/c1-2-10(18)8-3-5-9(6-4-8)16-15-14(21)13(20)12(19)11(7-17)22-15/h2-6,11-17,19-21H,1,7H2/t11-,12-,13+,14+,15+/m1/s1. The summed E-state index contributed by atoms with van der Waals surface area (Å²) < 4.78 is 5.33. The summed E-state index contributed by atoms with van der Waals surface area (Å²) >= 11 is 0. The van der Waals surface area contributed by atoms with E-state index in [1.54, 1.807) is 24.3 Å². The lowest BCUT2D eigenvalue weighted by molar-refractivity contribution is -0.221. The first kappa shape index (κ1) is 16.6. The van der Waals surface area contributed by atoms with E-state index in [-0.39, 0.29) is 5.78 Å². The minimum absolute atomic E-state index is 0.209. The van der Waals surface area contributed by atoms with E-state index in [2.05, 4.69) is 11.9 Å². The van der Waals surface area contributed by atoms with Gasteiger partial charge >= 0.3 is 0 Å². The highest BCUT2D eigenvalue weighted by Crippen LogP contribution is 2.23. The zero-order valence-corrected chi connectivity index (χ0v) is 11.8. The van der Waals surface area contributed by atoms with Crippen LogP contribution >= 0.6 is 0 Å². The molecule has 7 nitrogen and oxygen atoms in total. The van der Waals surface area contributed by atoms with Crippen LogP contribution in [0.25, 0.3) is 0 Å². The van der Waals surface area contributed by atoms with Gasteiger partial charge in [-0.3, -0.25) is 4.79 Å². The second-order valence-electron chi connectivity index (χ2n) is 5.04. The molecule has 0 aromatic heterocycles. The smallest absolute Gasteiger partial charge is 0.185 e. The fourth-order valence-corrected chi connectivity index (χ4v) is 2.23. The number of carbonyl (C=O) groups excluding carboxylic acids is 1. The number of benzene rings is 1. The first-order chi connectivity index (χ1) is 10.5. The molecule has 2 rings (SSSR count). The molecule has 1 aromatic rings. The van der Waals surface area contributed by atoms with Crippen molar-refractivity contribution >= 4 is 11.5 Å². The highest BCUT2D eigenvalue weighted by atomic mass is 16.6. The van der Waals surface area contributed by atoms with Crippen LogP contribution in [0.4, 0.5) is 5.69 Å². The Hall–Kier alpha value is -1.77. The van der Waals surface area contributed by atoms with Crippen molar-refractivity contribution < 1.29 is 30.0 Å². The van der Waals surface area contributed by atoms with Crippen LogP contribution in [-0.2, 0) is 4.74 Å². The highest BCUT2D eigenvalue weighted by molar-refractivity contribution is 6.04. The molecule has 0 unspecified atom stereocenters. The van der Waals surface area contributed by atoms with Crippen LogP contribution < -0.4 is 5.32 Å². The summed E-state index contributed by atoms with van der Waals surface area (Å²) in [6.45, 7) is 2.91. The van der Waals surface area contributed by atoms with Crippen molar-refractivity contribution in [1.82, 2.24) is 0 Å². The van der Waals surface area contributed by atoms with Gasteiger partial charge in [-0.05, 0) is 30.3 Å². The molecule has 0 radical (unpaired) electrons. The zero-order valence-electron chi connectivity index (χ0n) is 11.8. The third-order valence-corrected chi connectivity index (χ3v) is 3.56. The molecule has 0 bridgehead atoms. The van der Waals surface area contributed by atoms with Gasteiger partial charge in [0, 0.05) is 11.3 Å². The molecule has 1 aromatic carbocycles. The molecule has 1 saturated heterocycles. The molecular weight excluding hydrogens is 290 g/mol. The van der Waals surface area contributed by atoms with Gasteiger partial charge in [0.15, 0.2) is 12.0 Å². The number of aliphatic hydroxyl groups excluding tert-OH is 4. The number of nitrogens with one attached hydrogen (secondary N) is 1. The highest BCUT2D eigenvalue weighted by Gasteiger charge is 2.43. The van der Waals surface area contributed by atoms with E-state index in [9.17, 15) is 20.1 Å². The largest absolute Gasteiger partial charge is 0.394 e. The predicted molar refractivity (Wildman–Crippen MR) is 78.4 cm³/mol. The first-order valence-corrected chi connectivity index (χ1v) is 6.81. The van der Waals surface area contributed by atoms with Crippen LogP contribution in [0.5, 0.6) is 0 Å². The fourth-order valence-electron chi connectivity index (χ4n) is 2.23. The van der Waals surface area contributed by atoms with Crippen LogP contribution in [0.15, 0.2) is 36.9 Å². The Bertz CT molecular complexity index is 529. The molecule has 5 N–H and O–H groups in total. The minimum atomic E-state index is -1.44. The van der Waals surface area contributed by atoms with Gasteiger partial charge in [0.2, 0.25) is 0 Å². The van der Waals surface area contributed by atoms with Crippen LogP contribution in [0.2, 0.25) is 0 Å². The van der Waals surface area contributed by atoms with Gasteiger partial charge in [0.1, 0.15) is 24.4 Å². The Balaban J connectivity index is 2.09. The summed E-state index contributed by atoms with van der Waals surface area (Å²) in [5, 5.41) is 41.3. The molecule has 120 valence electrons. The third kappa shape index (κ3) is 3.34. The summed E-state index contributed by atoms with van der Waals surface area (Å²) in [6.07, 6.45) is -4.98. The lowest BCUT2D eigenvalue weighted by Crippen LogP contribution is -2.60. The van der Waals surface area contributed by atoms with Gasteiger partial charge in [-0.2, -0.15) is 0 Å². The van der Waals surface area contributed by atoms with E-state index < -0.39 is 37.3 Å². The maximum atomic E-state index is 11.4. The molecule has 1 heterocycles. The molecule has 0 aliphatic carbocycles. The van der Waals surface area contributed by atoms with Crippen LogP contribution in [-0.4, -0.2) is 63.5 Å². The van der Waals surface area contributed by atoms with Gasteiger partial charge in [0.25, 0.3) is 0 Å². The van der Waals surface area contributed by atoms with Crippen molar-refractivity contribution in [3.8, 4) is 0 Å². The first-order valence-electron chi connectivity index (χ1n) is 6.81. The van der Waals surface area contributed by atoms with Gasteiger partial charge in [0.05, 0.1) is 6.61 Å². The second kappa shape index (κ2) is 6.99. The number of anilines is 1. The zero-order chi connectivity index (χ0) is 16.3. The quantitative estimate of drug-likeness (QED) is 0.359. The molecule has 0 spiro atoms. The second-order valence-corrected chi connectivity index (χ2v) is 5.04. The third-order valence-electron chi connectivity index (χ3n) is 3.56. The summed E-state index contributed by atoms with van der Waals surface area (Å²) in [4.78, 5) is 11.4. The predicted octanol–water partition coefficient (Wildman–Crippen LogP) is -0.733. The number of hydrogen-bond acceptors (Lipinski definition) is 7. The number of ketones is 1. The fraction of sp³-hybridized carbons (Fsp3) is 0.400. The Morgan fingerprint density at radius 2 is 1.82 bits per heavy atom. The number of aliphatic hydroxyl groups is 4. The summed E-state index contributed by atoms with van der Waals surface area (Å²) in [5.74, 6) is -0.209. The van der Waals surface area contributed by atoms with Crippen LogP contribution in [0.3, 0.4) is 0 Å². The van der Waals surface area contributed by atoms with Crippen LogP contribution in [0, 0.1) is 0 Å². The van der Waals surface area contributed by atoms with E-state index in [1.807, 2.05) is 0 Å². The normalized spacial score (nSPS) is 31.5. The molecule has 7 heteroatoms. The maximum Gasteiger partial charge on any atom is 0.185 e. The Kier molecular flexibility index (Phi) is 5.28. The number of carbonyl (C=O) groups is 1. The van der Waals surface area contributed by atoms with Crippen molar-refractivity contribution in [2.45, 2.75) is 30.6 Å². The summed E-state index contributed by atoms with van der Waals surface area (Å²) in [7, 11) is 0. The minimum Gasteiger partial charge on any atom is -0.394 e. The molecule has 1 aliphatic heterocycles. The molecule has 0 saturated carbocycles. The van der Waals surface area contributed by atoms with Crippen molar-refractivity contribution in [2.75, 3.05) is 11.9 Å². The van der Waals surface area contributed by atoms with Gasteiger partial charge in [-0.25, -0.2) is 0 Å². The average molecular weight is 309 g/mol. The van der Waals surface area contributed by atoms with E-state index >= 15 is 0 Å². The van der Waals surface area contributed by atoms with Crippen molar-refractivity contribution in [3.63, 3.8) is 0 Å². The number of allylic oxidation sites excluding steroid dienone is 1. The lowest BCUT2D eigenvalue weighted by Gasteiger charge is -2.40. The van der Waals surface area contributed by atoms with E-state index in [4.69, 9.17) is 9.84 Å². The van der Waals surface area contributed by atoms with Crippen molar-refractivity contribution in [1.29, 1.82) is 0 Å². The monoisotopic (exact) mass is 309 g/mol. The molecule has 22 heavy (non-hydrogen) atoms.